The molecule has 1 heterocycles. The lowest BCUT2D eigenvalue weighted by atomic mass is 10.1. The lowest BCUT2D eigenvalue weighted by molar-refractivity contribution is -0.682. The molecule has 0 unspecified atom stereocenters. The number of carbonyl (C=O) groups excluding carboxylic acids is 1. The zero-order valence-corrected chi connectivity index (χ0v) is 14.5. The van der Waals surface area contributed by atoms with E-state index in [-0.39, 0.29) is 36.0 Å². The van der Waals surface area contributed by atoms with Gasteiger partial charge in [0.25, 0.3) is 5.91 Å². The highest BCUT2D eigenvalue weighted by Crippen LogP contribution is 2.24. The maximum absolute atomic E-state index is 11.9. The van der Waals surface area contributed by atoms with Gasteiger partial charge < -0.3 is 10.6 Å². The number of quaternary nitrogens is 1. The number of hydrogen-bond donors (Lipinski definition) is 2. The Labute approximate surface area is 140 Å². The Kier molecular flexibility index (Phi) is 5.71. The first-order chi connectivity index (χ1) is 10.3. The van der Waals surface area contributed by atoms with Crippen molar-refractivity contribution < 1.29 is 18.5 Å². The van der Waals surface area contributed by atoms with Crippen LogP contribution in [0.2, 0.25) is 10.0 Å². The number of amides is 1. The van der Waals surface area contributed by atoms with Crippen LogP contribution in [-0.4, -0.2) is 38.4 Å². The molecule has 2 atom stereocenters. The third-order valence-corrected chi connectivity index (χ3v) is 6.04. The molecule has 1 aliphatic rings. The maximum atomic E-state index is 11.9. The van der Waals surface area contributed by atoms with E-state index in [1.165, 1.54) is 0 Å². The van der Waals surface area contributed by atoms with Crippen molar-refractivity contribution in [3.05, 3.63) is 33.8 Å². The summed E-state index contributed by atoms with van der Waals surface area (Å²) in [6.45, 7) is 2.17. The molecular formula is C14H19Cl2N2O3S+. The number of halogens is 2. The molecule has 1 aromatic rings. The molecule has 8 heteroatoms. The van der Waals surface area contributed by atoms with Crippen LogP contribution < -0.4 is 10.6 Å². The van der Waals surface area contributed by atoms with Crippen molar-refractivity contribution in [3.8, 4) is 0 Å². The highest BCUT2D eigenvalue weighted by atomic mass is 35.5. The fourth-order valence-electron chi connectivity index (χ4n) is 2.48. The van der Waals surface area contributed by atoms with Gasteiger partial charge in [0, 0.05) is 16.6 Å². The first-order valence-electron chi connectivity index (χ1n) is 7.05. The van der Waals surface area contributed by atoms with E-state index < -0.39 is 9.84 Å². The van der Waals surface area contributed by atoms with Crippen molar-refractivity contribution in [2.75, 3.05) is 18.1 Å². The monoisotopic (exact) mass is 365 g/mol. The van der Waals surface area contributed by atoms with E-state index in [9.17, 15) is 13.2 Å². The quantitative estimate of drug-likeness (QED) is 0.813. The minimum absolute atomic E-state index is 0.00262. The summed E-state index contributed by atoms with van der Waals surface area (Å²) < 4.78 is 22.7. The average Bonchev–Trinajstić information content (AvgIpc) is 2.75. The van der Waals surface area contributed by atoms with Crippen LogP contribution in [0.3, 0.4) is 0 Å². The first-order valence-corrected chi connectivity index (χ1v) is 9.62. The standard InChI is InChI=1S/C14H18Cl2N2O3S/c1-9(12-3-2-10(15)6-13(12)16)17-7-14(19)18-11-4-5-22(20,21)8-11/h2-3,6,9,11,17H,4-5,7-8H2,1H3,(H,18,19)/p+1/t9-,11-/m0/s1. The molecule has 1 aliphatic heterocycles. The van der Waals surface area contributed by atoms with Gasteiger partial charge >= 0.3 is 0 Å². The van der Waals surface area contributed by atoms with Gasteiger partial charge in [0.05, 0.1) is 16.5 Å². The lowest BCUT2D eigenvalue weighted by Gasteiger charge is -2.14. The lowest BCUT2D eigenvalue weighted by Crippen LogP contribution is -2.87. The van der Waals surface area contributed by atoms with Crippen LogP contribution in [0.15, 0.2) is 18.2 Å². The predicted molar refractivity (Wildman–Crippen MR) is 86.9 cm³/mol. The SMILES string of the molecule is C[C@H]([NH2+]CC(=O)N[C@H]1CCS(=O)(=O)C1)c1ccc(Cl)cc1Cl. The highest BCUT2D eigenvalue weighted by molar-refractivity contribution is 7.91. The number of benzene rings is 1. The number of nitrogens with one attached hydrogen (secondary N) is 1. The molecule has 1 amide bonds. The van der Waals surface area contributed by atoms with Crippen molar-refractivity contribution in [3.63, 3.8) is 0 Å². The molecule has 1 fully saturated rings. The second kappa shape index (κ2) is 7.17. The van der Waals surface area contributed by atoms with Crippen molar-refractivity contribution in [1.82, 2.24) is 5.32 Å². The van der Waals surface area contributed by atoms with Gasteiger partial charge in [-0.3, -0.25) is 4.79 Å². The molecule has 3 N–H and O–H groups in total. The molecule has 0 aromatic heterocycles. The van der Waals surface area contributed by atoms with Gasteiger partial charge in [-0.05, 0) is 25.5 Å². The maximum Gasteiger partial charge on any atom is 0.275 e. The van der Waals surface area contributed by atoms with Crippen LogP contribution in [0.4, 0.5) is 0 Å². The fraction of sp³-hybridized carbons (Fsp3) is 0.500. The molecular weight excluding hydrogens is 347 g/mol. The van der Waals surface area contributed by atoms with Gasteiger partial charge in [0.15, 0.2) is 16.4 Å². The van der Waals surface area contributed by atoms with E-state index in [1.807, 2.05) is 18.3 Å². The van der Waals surface area contributed by atoms with Crippen molar-refractivity contribution in [2.24, 2.45) is 0 Å². The zero-order chi connectivity index (χ0) is 16.3. The summed E-state index contributed by atoms with van der Waals surface area (Å²) in [7, 11) is -2.98. The zero-order valence-electron chi connectivity index (χ0n) is 12.2. The van der Waals surface area contributed by atoms with E-state index in [1.54, 1.807) is 12.1 Å². The molecule has 5 nitrogen and oxygen atoms in total. The van der Waals surface area contributed by atoms with Gasteiger partial charge in [0.2, 0.25) is 0 Å². The molecule has 0 saturated carbocycles. The average molecular weight is 366 g/mol. The largest absolute Gasteiger partial charge is 0.347 e. The molecule has 0 spiro atoms. The van der Waals surface area contributed by atoms with Gasteiger partial charge in [-0.2, -0.15) is 0 Å². The van der Waals surface area contributed by atoms with Gasteiger partial charge in [-0.25, -0.2) is 8.42 Å². The first kappa shape index (κ1) is 17.5. The highest BCUT2D eigenvalue weighted by Gasteiger charge is 2.29. The molecule has 0 radical (unpaired) electrons. The van der Waals surface area contributed by atoms with Crippen molar-refractivity contribution >= 4 is 38.9 Å². The second-order valence-corrected chi connectivity index (χ2v) is 8.63. The summed E-state index contributed by atoms with van der Waals surface area (Å²) in [5.41, 5.74) is 0.905. The smallest absolute Gasteiger partial charge is 0.275 e. The third-order valence-electron chi connectivity index (χ3n) is 3.71. The Morgan fingerprint density at radius 1 is 1.45 bits per heavy atom. The Morgan fingerprint density at radius 2 is 2.18 bits per heavy atom. The number of carbonyl (C=O) groups is 1. The van der Waals surface area contributed by atoms with Gasteiger partial charge in [-0.15, -0.1) is 0 Å². The molecule has 0 bridgehead atoms. The molecule has 0 aliphatic carbocycles. The van der Waals surface area contributed by atoms with Crippen molar-refractivity contribution in [2.45, 2.75) is 25.4 Å². The molecule has 1 saturated heterocycles. The molecule has 2 rings (SSSR count). The van der Waals surface area contributed by atoms with Gasteiger partial charge in [-0.1, -0.05) is 29.3 Å². The van der Waals surface area contributed by atoms with Crippen LogP contribution >= 0.6 is 23.2 Å². The van der Waals surface area contributed by atoms with E-state index in [2.05, 4.69) is 5.32 Å². The van der Waals surface area contributed by atoms with Crippen LogP contribution in [0.1, 0.15) is 24.9 Å². The molecule has 122 valence electrons. The van der Waals surface area contributed by atoms with Crippen LogP contribution in [0.5, 0.6) is 0 Å². The number of nitrogens with two attached hydrogens (primary N) is 1. The Balaban J connectivity index is 1.83. The summed E-state index contributed by atoms with van der Waals surface area (Å²) in [5.74, 6) is 0.0227. The van der Waals surface area contributed by atoms with E-state index >= 15 is 0 Å². The Hall–Kier alpha value is -0.820. The number of hydrogen-bond acceptors (Lipinski definition) is 3. The fourth-order valence-corrected chi connectivity index (χ4v) is 4.73. The van der Waals surface area contributed by atoms with Crippen LogP contribution in [0.25, 0.3) is 0 Å². The summed E-state index contributed by atoms with van der Waals surface area (Å²) >= 11 is 12.0. The van der Waals surface area contributed by atoms with Crippen LogP contribution in [0, 0.1) is 0 Å². The normalized spacial score (nSPS) is 21.5. The van der Waals surface area contributed by atoms with Gasteiger partial charge in [0.1, 0.15) is 6.04 Å². The van der Waals surface area contributed by atoms with E-state index in [4.69, 9.17) is 23.2 Å². The van der Waals surface area contributed by atoms with E-state index in [0.717, 1.165) is 5.56 Å². The summed E-state index contributed by atoms with van der Waals surface area (Å²) in [6, 6.07) is 5.01. The minimum atomic E-state index is -2.98. The predicted octanol–water partition coefficient (Wildman–Crippen LogP) is 0.921. The number of rotatable bonds is 5. The second-order valence-electron chi connectivity index (χ2n) is 5.56. The molecule has 22 heavy (non-hydrogen) atoms. The molecule has 1 aromatic carbocycles. The third kappa shape index (κ3) is 4.84. The van der Waals surface area contributed by atoms with Crippen molar-refractivity contribution in [1.29, 1.82) is 0 Å². The topological polar surface area (TPSA) is 79.8 Å². The minimum Gasteiger partial charge on any atom is -0.347 e. The summed E-state index contributed by atoms with van der Waals surface area (Å²) in [6.07, 6.45) is 0.493. The Morgan fingerprint density at radius 3 is 2.77 bits per heavy atom. The summed E-state index contributed by atoms with van der Waals surface area (Å²) in [4.78, 5) is 11.9. The van der Waals surface area contributed by atoms with Crippen LogP contribution in [-0.2, 0) is 14.6 Å². The number of sulfone groups is 1. The Bertz CT molecular complexity index is 664. The summed E-state index contributed by atoms with van der Waals surface area (Å²) in [5, 5.41) is 5.76. The van der Waals surface area contributed by atoms with E-state index in [0.29, 0.717) is 16.5 Å².